The maximum Gasteiger partial charge on any atom is 0.413 e. The van der Waals surface area contributed by atoms with Gasteiger partial charge < -0.3 is 20.9 Å². The highest BCUT2D eigenvalue weighted by Gasteiger charge is 2.43. The number of rotatable bonds is 3. The lowest BCUT2D eigenvalue weighted by Gasteiger charge is -2.21. The van der Waals surface area contributed by atoms with Crippen LogP contribution in [-0.4, -0.2) is 28.1 Å². The van der Waals surface area contributed by atoms with Gasteiger partial charge in [0.05, 0.1) is 11.9 Å². The molecule has 1 aromatic carbocycles. The summed E-state index contributed by atoms with van der Waals surface area (Å²) in [7, 11) is 0. The number of urea groups is 1. The van der Waals surface area contributed by atoms with Gasteiger partial charge in [-0.25, -0.2) is 9.78 Å². The molecule has 3 heterocycles. The van der Waals surface area contributed by atoms with E-state index in [1.54, 1.807) is 24.3 Å². The third kappa shape index (κ3) is 3.24. The van der Waals surface area contributed by atoms with Crippen LogP contribution in [0.15, 0.2) is 42.7 Å². The van der Waals surface area contributed by atoms with Gasteiger partial charge in [-0.1, -0.05) is 18.2 Å². The van der Waals surface area contributed by atoms with Gasteiger partial charge in [-0.05, 0) is 12.1 Å². The third-order valence-electron chi connectivity index (χ3n) is 4.41. The van der Waals surface area contributed by atoms with Gasteiger partial charge in [-0.2, -0.15) is 13.2 Å². The van der Waals surface area contributed by atoms with Crippen molar-refractivity contribution in [2.45, 2.75) is 18.8 Å². The number of fused-ring (bicyclic) bond motifs is 2. The number of alkyl halides is 3. The van der Waals surface area contributed by atoms with Gasteiger partial charge in [0.25, 0.3) is 5.91 Å². The van der Waals surface area contributed by atoms with Crippen LogP contribution in [0.4, 0.5) is 23.7 Å². The fourth-order valence-corrected chi connectivity index (χ4v) is 3.14. The van der Waals surface area contributed by atoms with E-state index in [0.29, 0.717) is 16.5 Å². The zero-order valence-corrected chi connectivity index (χ0v) is 14.2. The second-order valence-corrected chi connectivity index (χ2v) is 6.28. The van der Waals surface area contributed by atoms with Gasteiger partial charge in [0.2, 0.25) is 0 Å². The number of benzene rings is 1. The van der Waals surface area contributed by atoms with E-state index in [-0.39, 0.29) is 29.4 Å². The summed E-state index contributed by atoms with van der Waals surface area (Å²) in [5, 5.41) is 7.25. The van der Waals surface area contributed by atoms with Crippen molar-refractivity contribution in [3.05, 3.63) is 59.5 Å². The number of aromatic nitrogens is 2. The molecule has 0 aliphatic carbocycles. The van der Waals surface area contributed by atoms with E-state index in [4.69, 9.17) is 0 Å². The normalized spacial score (nSPS) is 14.5. The van der Waals surface area contributed by atoms with E-state index < -0.39 is 18.2 Å². The minimum atomic E-state index is -4.70. The van der Waals surface area contributed by atoms with E-state index in [0.717, 1.165) is 0 Å². The van der Waals surface area contributed by atoms with E-state index in [1.807, 2.05) is 5.32 Å². The van der Waals surface area contributed by atoms with Crippen LogP contribution >= 0.6 is 0 Å². The summed E-state index contributed by atoms with van der Waals surface area (Å²) in [5.74, 6) is -0.331. The molecule has 7 nitrogen and oxygen atoms in total. The van der Waals surface area contributed by atoms with Crippen molar-refractivity contribution in [1.82, 2.24) is 20.6 Å². The predicted molar refractivity (Wildman–Crippen MR) is 94.7 cm³/mol. The van der Waals surface area contributed by atoms with Crippen LogP contribution < -0.4 is 16.0 Å². The molecular formula is C18H14F3N5O2. The summed E-state index contributed by atoms with van der Waals surface area (Å²) in [6.45, 7) is 0.249. The second-order valence-electron chi connectivity index (χ2n) is 6.28. The number of nitrogens with one attached hydrogen (secondary N) is 4. The number of para-hydroxylation sites is 1. The van der Waals surface area contributed by atoms with Crippen LogP contribution in [0.1, 0.15) is 27.7 Å². The van der Waals surface area contributed by atoms with Gasteiger partial charge in [0.15, 0.2) is 6.04 Å². The number of carbonyl (C=O) groups excluding carboxylic acids is 2. The monoisotopic (exact) mass is 389 g/mol. The molecule has 10 heteroatoms. The smallest absolute Gasteiger partial charge is 0.361 e. The van der Waals surface area contributed by atoms with Crippen LogP contribution in [0.25, 0.3) is 10.9 Å². The number of amides is 3. The van der Waals surface area contributed by atoms with Crippen LogP contribution in [0.5, 0.6) is 0 Å². The number of carbonyl (C=O) groups is 2. The zero-order chi connectivity index (χ0) is 19.9. The molecule has 0 saturated carbocycles. The molecule has 144 valence electrons. The highest BCUT2D eigenvalue weighted by Crippen LogP contribution is 2.36. The molecule has 2 aromatic heterocycles. The number of halogens is 3. The Kier molecular flexibility index (Phi) is 4.17. The highest BCUT2D eigenvalue weighted by molar-refractivity contribution is 5.97. The number of hydrogen-bond acceptors (Lipinski definition) is 3. The molecule has 28 heavy (non-hydrogen) atoms. The van der Waals surface area contributed by atoms with E-state index in [9.17, 15) is 22.8 Å². The van der Waals surface area contributed by atoms with Gasteiger partial charge in [0, 0.05) is 34.8 Å². The van der Waals surface area contributed by atoms with Crippen LogP contribution in [0, 0.1) is 0 Å². The molecule has 0 fully saturated rings. The number of H-pyrrole nitrogens is 1. The SMILES string of the molecule is O=C(Nc1cnc2c(c1)CNC2=O)NC(c1c[nH]c2ccccc12)C(F)(F)F. The van der Waals surface area contributed by atoms with Gasteiger partial charge in [-0.3, -0.25) is 4.79 Å². The summed E-state index contributed by atoms with van der Waals surface area (Å²) in [5.41, 5.74) is 1.44. The average Bonchev–Trinajstić information content (AvgIpc) is 3.22. The quantitative estimate of drug-likeness (QED) is 0.553. The summed E-state index contributed by atoms with van der Waals surface area (Å²) in [6.07, 6.45) is -2.25. The molecule has 4 rings (SSSR count). The Morgan fingerprint density at radius 2 is 2.04 bits per heavy atom. The standard InChI is InChI=1S/C18H14F3N5O2/c19-18(20,21)15(12-8-22-13-4-2-1-3-11(12)13)26-17(28)25-10-5-9-6-24-16(27)14(9)23-7-10/h1-5,7-8,15,22H,6H2,(H,24,27)(H2,25,26,28). The molecule has 0 radical (unpaired) electrons. The Balaban J connectivity index is 1.56. The summed E-state index contributed by atoms with van der Waals surface area (Å²) >= 11 is 0. The lowest BCUT2D eigenvalue weighted by atomic mass is 10.1. The van der Waals surface area contributed by atoms with E-state index in [1.165, 1.54) is 18.5 Å². The first-order valence-corrected chi connectivity index (χ1v) is 8.30. The van der Waals surface area contributed by atoms with Crippen molar-refractivity contribution >= 4 is 28.5 Å². The van der Waals surface area contributed by atoms with Crippen LogP contribution in [0.3, 0.4) is 0 Å². The molecule has 0 saturated heterocycles. The fraction of sp³-hybridized carbons (Fsp3) is 0.167. The predicted octanol–water partition coefficient (Wildman–Crippen LogP) is 3.23. The Morgan fingerprint density at radius 3 is 2.82 bits per heavy atom. The topological polar surface area (TPSA) is 98.9 Å². The maximum atomic E-state index is 13.6. The van der Waals surface area contributed by atoms with Crippen molar-refractivity contribution in [3.63, 3.8) is 0 Å². The van der Waals surface area contributed by atoms with E-state index in [2.05, 4.69) is 20.6 Å². The lowest BCUT2D eigenvalue weighted by molar-refractivity contribution is -0.154. The Hall–Kier alpha value is -3.56. The van der Waals surface area contributed by atoms with Crippen molar-refractivity contribution in [3.8, 4) is 0 Å². The number of hydrogen-bond donors (Lipinski definition) is 4. The molecule has 1 aliphatic rings. The highest BCUT2D eigenvalue weighted by atomic mass is 19.4. The number of nitrogens with zero attached hydrogens (tertiary/aromatic N) is 1. The third-order valence-corrected chi connectivity index (χ3v) is 4.41. The second kappa shape index (κ2) is 6.55. The Bertz CT molecular complexity index is 1080. The number of aromatic amines is 1. The van der Waals surface area contributed by atoms with E-state index >= 15 is 0 Å². The first-order chi connectivity index (χ1) is 13.3. The Labute approximate surface area is 156 Å². The molecule has 0 bridgehead atoms. The average molecular weight is 389 g/mol. The zero-order valence-electron chi connectivity index (χ0n) is 14.2. The largest absolute Gasteiger partial charge is 0.413 e. The summed E-state index contributed by atoms with van der Waals surface area (Å²) in [4.78, 5) is 30.4. The molecule has 1 unspecified atom stereocenters. The molecule has 1 aliphatic heterocycles. The molecule has 1 atom stereocenters. The maximum absolute atomic E-state index is 13.6. The fourth-order valence-electron chi connectivity index (χ4n) is 3.14. The minimum absolute atomic E-state index is 0.0832. The Morgan fingerprint density at radius 1 is 1.25 bits per heavy atom. The van der Waals surface area contributed by atoms with Crippen molar-refractivity contribution in [2.75, 3.05) is 5.32 Å². The van der Waals surface area contributed by atoms with Gasteiger partial charge in [0.1, 0.15) is 5.69 Å². The summed E-state index contributed by atoms with van der Waals surface area (Å²) < 4.78 is 40.9. The molecular weight excluding hydrogens is 375 g/mol. The van der Waals surface area contributed by atoms with Gasteiger partial charge >= 0.3 is 12.2 Å². The molecule has 3 aromatic rings. The van der Waals surface area contributed by atoms with Gasteiger partial charge in [-0.15, -0.1) is 0 Å². The molecule has 0 spiro atoms. The van der Waals surface area contributed by atoms with Crippen LogP contribution in [0.2, 0.25) is 0 Å². The van der Waals surface area contributed by atoms with Crippen molar-refractivity contribution < 1.29 is 22.8 Å². The lowest BCUT2D eigenvalue weighted by Crippen LogP contribution is -2.40. The van der Waals surface area contributed by atoms with Crippen molar-refractivity contribution in [2.24, 2.45) is 0 Å². The van der Waals surface area contributed by atoms with Crippen LogP contribution in [-0.2, 0) is 6.54 Å². The number of anilines is 1. The number of pyridine rings is 1. The minimum Gasteiger partial charge on any atom is -0.361 e. The first-order valence-electron chi connectivity index (χ1n) is 8.30. The summed E-state index contributed by atoms with van der Waals surface area (Å²) in [6, 6.07) is 4.78. The molecule has 4 N–H and O–H groups in total. The molecule has 3 amide bonds. The van der Waals surface area contributed by atoms with Crippen molar-refractivity contribution in [1.29, 1.82) is 0 Å². The first kappa shape index (κ1) is 17.8.